The fourth-order valence-corrected chi connectivity index (χ4v) is 3.85. The second-order valence-electron chi connectivity index (χ2n) is 6.25. The highest BCUT2D eigenvalue weighted by Gasteiger charge is 2.25. The van der Waals surface area contributed by atoms with E-state index in [1.807, 2.05) is 0 Å². The average Bonchev–Trinajstić information content (AvgIpc) is 2.63. The van der Waals surface area contributed by atoms with Crippen molar-refractivity contribution in [3.8, 4) is 0 Å². The van der Waals surface area contributed by atoms with Gasteiger partial charge < -0.3 is 10.6 Å². The van der Waals surface area contributed by atoms with Gasteiger partial charge in [-0.2, -0.15) is 0 Å². The molecule has 0 saturated carbocycles. The molecule has 1 unspecified atom stereocenters. The van der Waals surface area contributed by atoms with Gasteiger partial charge in [0.05, 0.1) is 6.04 Å². The predicted molar refractivity (Wildman–Crippen MR) is 97.9 cm³/mol. The van der Waals surface area contributed by atoms with Crippen LogP contribution >= 0.6 is 0 Å². The lowest BCUT2D eigenvalue weighted by molar-refractivity contribution is 0.590. The molecule has 0 fully saturated rings. The Hall–Kier alpha value is -2.32. The zero-order valence-corrected chi connectivity index (χ0v) is 13.3. The van der Waals surface area contributed by atoms with Crippen molar-refractivity contribution < 1.29 is 0 Å². The molecule has 3 aromatic rings. The summed E-state index contributed by atoms with van der Waals surface area (Å²) >= 11 is 0. The van der Waals surface area contributed by atoms with Crippen LogP contribution in [0.3, 0.4) is 0 Å². The lowest BCUT2D eigenvalue weighted by atomic mass is 9.94. The van der Waals surface area contributed by atoms with Crippen molar-refractivity contribution in [3.63, 3.8) is 0 Å². The summed E-state index contributed by atoms with van der Waals surface area (Å²) in [6, 6.07) is 24.1. The van der Waals surface area contributed by atoms with E-state index in [4.69, 9.17) is 5.73 Å². The summed E-state index contributed by atoms with van der Waals surface area (Å²) in [6.45, 7) is 1.70. The Morgan fingerprint density at radius 1 is 0.913 bits per heavy atom. The lowest BCUT2D eigenvalue weighted by Crippen LogP contribution is -2.37. The number of hydrogen-bond donors (Lipinski definition) is 1. The number of nitrogens with zero attached hydrogens (tertiary/aromatic N) is 1. The minimum Gasteiger partial charge on any atom is -0.363 e. The largest absolute Gasteiger partial charge is 0.363 e. The average molecular weight is 302 g/mol. The second-order valence-corrected chi connectivity index (χ2v) is 6.25. The van der Waals surface area contributed by atoms with Crippen LogP contribution in [-0.4, -0.2) is 13.1 Å². The van der Waals surface area contributed by atoms with E-state index in [9.17, 15) is 0 Å². The maximum atomic E-state index is 6.24. The maximum Gasteiger partial charge on any atom is 0.0670 e. The Balaban J connectivity index is 1.83. The molecule has 0 aliphatic carbocycles. The molecule has 0 bridgehead atoms. The first-order valence-corrected chi connectivity index (χ1v) is 8.41. The van der Waals surface area contributed by atoms with Crippen molar-refractivity contribution in [3.05, 3.63) is 77.9 Å². The van der Waals surface area contributed by atoms with Gasteiger partial charge in [-0.05, 0) is 40.8 Å². The van der Waals surface area contributed by atoms with Crippen LogP contribution in [-0.2, 0) is 6.42 Å². The Morgan fingerprint density at radius 2 is 1.70 bits per heavy atom. The summed E-state index contributed by atoms with van der Waals surface area (Å²) < 4.78 is 0. The minimum absolute atomic E-state index is 0.225. The Morgan fingerprint density at radius 3 is 2.61 bits per heavy atom. The number of benzene rings is 3. The van der Waals surface area contributed by atoms with E-state index in [2.05, 4.69) is 71.6 Å². The van der Waals surface area contributed by atoms with Crippen LogP contribution in [0.2, 0.25) is 0 Å². The monoisotopic (exact) mass is 302 g/mol. The molecule has 0 spiro atoms. The zero-order chi connectivity index (χ0) is 15.6. The van der Waals surface area contributed by atoms with E-state index in [1.165, 1.54) is 40.4 Å². The van der Waals surface area contributed by atoms with Crippen molar-refractivity contribution in [2.24, 2.45) is 5.73 Å². The van der Waals surface area contributed by atoms with Gasteiger partial charge in [-0.25, -0.2) is 0 Å². The Kier molecular flexibility index (Phi) is 3.76. The molecule has 1 heterocycles. The summed E-state index contributed by atoms with van der Waals surface area (Å²) in [5, 5.41) is 2.60. The van der Waals surface area contributed by atoms with Crippen LogP contribution in [0.5, 0.6) is 0 Å². The van der Waals surface area contributed by atoms with Crippen molar-refractivity contribution in [1.82, 2.24) is 0 Å². The summed E-state index contributed by atoms with van der Waals surface area (Å²) in [5.41, 5.74) is 10.4. The van der Waals surface area contributed by atoms with Gasteiger partial charge in [-0.15, -0.1) is 0 Å². The third kappa shape index (κ3) is 2.49. The SMILES string of the molecule is NCC(c1cccc2ccccc12)N1CCCc2ccccc21. The van der Waals surface area contributed by atoms with Gasteiger partial charge in [0.15, 0.2) is 0 Å². The first-order chi connectivity index (χ1) is 11.4. The third-order valence-electron chi connectivity index (χ3n) is 4.93. The molecule has 2 heteroatoms. The molecular formula is C21H22N2. The highest BCUT2D eigenvalue weighted by Crippen LogP contribution is 2.35. The second kappa shape index (κ2) is 6.05. The van der Waals surface area contributed by atoms with Gasteiger partial charge in [-0.1, -0.05) is 60.7 Å². The molecule has 0 saturated heterocycles. The molecule has 2 N–H and O–H groups in total. The lowest BCUT2D eigenvalue weighted by Gasteiger charge is -2.38. The normalized spacial score (nSPS) is 15.4. The number of aryl methyl sites for hydroxylation is 1. The molecule has 23 heavy (non-hydrogen) atoms. The highest BCUT2D eigenvalue weighted by atomic mass is 15.2. The first kappa shape index (κ1) is 14.3. The smallest absolute Gasteiger partial charge is 0.0670 e. The van der Waals surface area contributed by atoms with E-state index in [-0.39, 0.29) is 6.04 Å². The van der Waals surface area contributed by atoms with Gasteiger partial charge in [0, 0.05) is 18.8 Å². The summed E-state index contributed by atoms with van der Waals surface area (Å²) in [4.78, 5) is 2.50. The first-order valence-electron chi connectivity index (χ1n) is 8.41. The van der Waals surface area contributed by atoms with Gasteiger partial charge in [0.1, 0.15) is 0 Å². The van der Waals surface area contributed by atoms with Crippen LogP contribution in [0.25, 0.3) is 10.8 Å². The maximum absolute atomic E-state index is 6.24. The molecule has 4 rings (SSSR count). The molecule has 3 aromatic carbocycles. The van der Waals surface area contributed by atoms with Gasteiger partial charge >= 0.3 is 0 Å². The Labute approximate surface area is 137 Å². The van der Waals surface area contributed by atoms with Crippen molar-refractivity contribution in [1.29, 1.82) is 0 Å². The number of hydrogen-bond acceptors (Lipinski definition) is 2. The van der Waals surface area contributed by atoms with Crippen molar-refractivity contribution in [2.45, 2.75) is 18.9 Å². The topological polar surface area (TPSA) is 29.3 Å². The van der Waals surface area contributed by atoms with E-state index < -0.39 is 0 Å². The van der Waals surface area contributed by atoms with E-state index in [1.54, 1.807) is 0 Å². The Bertz CT molecular complexity index is 819. The van der Waals surface area contributed by atoms with Gasteiger partial charge in [0.2, 0.25) is 0 Å². The molecule has 1 aliphatic heterocycles. The van der Waals surface area contributed by atoms with E-state index in [0.29, 0.717) is 6.54 Å². The molecule has 2 nitrogen and oxygen atoms in total. The quantitative estimate of drug-likeness (QED) is 0.782. The van der Waals surface area contributed by atoms with Crippen LogP contribution in [0, 0.1) is 0 Å². The van der Waals surface area contributed by atoms with Gasteiger partial charge in [-0.3, -0.25) is 0 Å². The number of nitrogens with two attached hydrogens (primary N) is 1. The molecule has 0 radical (unpaired) electrons. The summed E-state index contributed by atoms with van der Waals surface area (Å²) in [5.74, 6) is 0. The molecule has 1 atom stereocenters. The fourth-order valence-electron chi connectivity index (χ4n) is 3.85. The molecule has 116 valence electrons. The van der Waals surface area contributed by atoms with Gasteiger partial charge in [0.25, 0.3) is 0 Å². The number of anilines is 1. The van der Waals surface area contributed by atoms with Crippen LogP contribution in [0.4, 0.5) is 5.69 Å². The van der Waals surface area contributed by atoms with E-state index in [0.717, 1.165) is 6.54 Å². The third-order valence-corrected chi connectivity index (χ3v) is 4.93. The van der Waals surface area contributed by atoms with E-state index >= 15 is 0 Å². The summed E-state index contributed by atoms with van der Waals surface area (Å²) in [6.07, 6.45) is 2.36. The standard InChI is InChI=1S/C21H22N2/c22-15-21(19-12-5-9-16-7-1-3-11-18(16)19)23-14-6-10-17-8-2-4-13-20(17)23/h1-5,7-9,11-13,21H,6,10,14-15,22H2. The molecular weight excluding hydrogens is 280 g/mol. The molecule has 1 aliphatic rings. The number of rotatable bonds is 3. The fraction of sp³-hybridized carbons (Fsp3) is 0.238. The highest BCUT2D eigenvalue weighted by molar-refractivity contribution is 5.86. The molecule has 0 amide bonds. The van der Waals surface area contributed by atoms with Crippen molar-refractivity contribution >= 4 is 16.5 Å². The van der Waals surface area contributed by atoms with Crippen LogP contribution in [0.1, 0.15) is 23.6 Å². The molecule has 0 aromatic heterocycles. The van der Waals surface area contributed by atoms with Crippen LogP contribution in [0.15, 0.2) is 66.7 Å². The number of para-hydroxylation sites is 1. The summed E-state index contributed by atoms with van der Waals surface area (Å²) in [7, 11) is 0. The van der Waals surface area contributed by atoms with Crippen molar-refractivity contribution in [2.75, 3.05) is 18.0 Å². The van der Waals surface area contributed by atoms with Crippen LogP contribution < -0.4 is 10.6 Å². The zero-order valence-electron chi connectivity index (χ0n) is 13.3. The predicted octanol–water partition coefficient (Wildman–Crippen LogP) is 4.29. The number of fused-ring (bicyclic) bond motifs is 2. The minimum atomic E-state index is 0.225.